The smallest absolute Gasteiger partial charge is 0.288 e. The van der Waals surface area contributed by atoms with E-state index in [0.717, 1.165) is 0 Å². The maximum absolute atomic E-state index is 12.2. The highest BCUT2D eigenvalue weighted by atomic mass is 35.5. The SMILES string of the molecule is O=C(c1ccccc1)c1cccc(Cl)c1[N+](=O)[O-]. The van der Waals surface area contributed by atoms with Crippen LogP contribution < -0.4 is 0 Å². The first-order valence-corrected chi connectivity index (χ1v) is 5.51. The summed E-state index contributed by atoms with van der Waals surface area (Å²) in [6.45, 7) is 0. The van der Waals surface area contributed by atoms with Crippen molar-refractivity contribution < 1.29 is 9.72 Å². The number of nitro benzene ring substituents is 1. The average Bonchev–Trinajstić information content (AvgIpc) is 2.38. The van der Waals surface area contributed by atoms with Gasteiger partial charge in [0.15, 0.2) is 5.78 Å². The molecule has 0 bridgehead atoms. The van der Waals surface area contributed by atoms with Crippen LogP contribution in [0.15, 0.2) is 48.5 Å². The molecule has 0 aliphatic heterocycles. The van der Waals surface area contributed by atoms with Crippen molar-refractivity contribution in [3.05, 3.63) is 74.8 Å². The first-order chi connectivity index (χ1) is 8.61. The van der Waals surface area contributed by atoms with Crippen LogP contribution in [0.1, 0.15) is 15.9 Å². The van der Waals surface area contributed by atoms with Crippen molar-refractivity contribution in [2.24, 2.45) is 0 Å². The quantitative estimate of drug-likeness (QED) is 0.483. The topological polar surface area (TPSA) is 60.2 Å². The summed E-state index contributed by atoms with van der Waals surface area (Å²) in [5.74, 6) is -0.412. The highest BCUT2D eigenvalue weighted by Gasteiger charge is 2.24. The number of nitro groups is 1. The number of carbonyl (C=O) groups excluding carboxylic acids is 1. The highest BCUT2D eigenvalue weighted by Crippen LogP contribution is 2.29. The van der Waals surface area contributed by atoms with Crippen LogP contribution in [0.3, 0.4) is 0 Å². The Labute approximate surface area is 108 Å². The van der Waals surface area contributed by atoms with Crippen molar-refractivity contribution >= 4 is 23.1 Å². The molecule has 2 aromatic rings. The number of carbonyl (C=O) groups is 1. The first kappa shape index (κ1) is 12.3. The maximum atomic E-state index is 12.2. The molecule has 0 amide bonds. The molecule has 0 N–H and O–H groups in total. The molecule has 4 nitrogen and oxygen atoms in total. The number of hydrogen-bond donors (Lipinski definition) is 0. The third-order valence-electron chi connectivity index (χ3n) is 2.45. The van der Waals surface area contributed by atoms with Crippen molar-refractivity contribution in [3.63, 3.8) is 0 Å². The Kier molecular flexibility index (Phi) is 3.39. The van der Waals surface area contributed by atoms with E-state index in [-0.39, 0.29) is 16.3 Å². The first-order valence-electron chi connectivity index (χ1n) is 5.14. The third-order valence-corrected chi connectivity index (χ3v) is 2.75. The van der Waals surface area contributed by atoms with E-state index in [1.54, 1.807) is 30.3 Å². The van der Waals surface area contributed by atoms with Gasteiger partial charge in [0.2, 0.25) is 0 Å². The molecule has 0 aromatic heterocycles. The van der Waals surface area contributed by atoms with Crippen LogP contribution in [0.4, 0.5) is 5.69 Å². The molecule has 0 radical (unpaired) electrons. The zero-order chi connectivity index (χ0) is 13.1. The molecule has 0 aliphatic rings. The van der Waals surface area contributed by atoms with Crippen LogP contribution >= 0.6 is 11.6 Å². The summed E-state index contributed by atoms with van der Waals surface area (Å²) < 4.78 is 0. The van der Waals surface area contributed by atoms with Gasteiger partial charge in [-0.1, -0.05) is 48.0 Å². The Balaban J connectivity index is 2.56. The monoisotopic (exact) mass is 261 g/mol. The van der Waals surface area contributed by atoms with Gasteiger partial charge in [-0.2, -0.15) is 0 Å². The lowest BCUT2D eigenvalue weighted by molar-refractivity contribution is -0.385. The van der Waals surface area contributed by atoms with Crippen LogP contribution in [-0.4, -0.2) is 10.7 Å². The van der Waals surface area contributed by atoms with E-state index in [1.807, 2.05) is 0 Å². The van der Waals surface area contributed by atoms with E-state index in [2.05, 4.69) is 0 Å². The number of hydrogen-bond acceptors (Lipinski definition) is 3. The molecule has 0 saturated carbocycles. The standard InChI is InChI=1S/C13H8ClNO3/c14-11-8-4-7-10(12(11)15(17)18)13(16)9-5-2-1-3-6-9/h1-8H. The van der Waals surface area contributed by atoms with Gasteiger partial charge < -0.3 is 0 Å². The summed E-state index contributed by atoms with van der Waals surface area (Å²) in [6.07, 6.45) is 0. The van der Waals surface area contributed by atoms with Gasteiger partial charge in [-0.15, -0.1) is 0 Å². The summed E-state index contributed by atoms with van der Waals surface area (Å²) >= 11 is 5.76. The maximum Gasteiger partial charge on any atom is 0.298 e. The summed E-state index contributed by atoms with van der Waals surface area (Å²) in [6, 6.07) is 12.7. The minimum Gasteiger partial charge on any atom is -0.288 e. The Morgan fingerprint density at radius 3 is 2.33 bits per heavy atom. The van der Waals surface area contributed by atoms with Gasteiger partial charge >= 0.3 is 0 Å². The number of nitrogens with zero attached hydrogens (tertiary/aromatic N) is 1. The van der Waals surface area contributed by atoms with Gasteiger partial charge in [0, 0.05) is 5.56 Å². The summed E-state index contributed by atoms with van der Waals surface area (Å²) in [5.41, 5.74) is 0.0367. The van der Waals surface area contributed by atoms with Gasteiger partial charge in [0.25, 0.3) is 5.69 Å². The zero-order valence-corrected chi connectivity index (χ0v) is 9.92. The van der Waals surface area contributed by atoms with E-state index >= 15 is 0 Å². The lowest BCUT2D eigenvalue weighted by atomic mass is 10.0. The fourth-order valence-corrected chi connectivity index (χ4v) is 1.87. The number of benzene rings is 2. The van der Waals surface area contributed by atoms with Gasteiger partial charge in [-0.25, -0.2) is 0 Å². The van der Waals surface area contributed by atoms with Crippen molar-refractivity contribution in [3.8, 4) is 0 Å². The van der Waals surface area contributed by atoms with Crippen LogP contribution in [0, 0.1) is 10.1 Å². The molecular formula is C13H8ClNO3. The summed E-state index contributed by atoms with van der Waals surface area (Å²) in [7, 11) is 0. The van der Waals surface area contributed by atoms with Crippen LogP contribution in [-0.2, 0) is 0 Å². The molecule has 2 aromatic carbocycles. The minimum absolute atomic E-state index is 0.00120. The molecule has 0 atom stereocenters. The number of ketones is 1. The largest absolute Gasteiger partial charge is 0.298 e. The van der Waals surface area contributed by atoms with E-state index in [9.17, 15) is 14.9 Å². The van der Waals surface area contributed by atoms with Crippen LogP contribution in [0.25, 0.3) is 0 Å². The number of rotatable bonds is 3. The van der Waals surface area contributed by atoms with Crippen molar-refractivity contribution in [2.45, 2.75) is 0 Å². The Morgan fingerprint density at radius 2 is 1.72 bits per heavy atom. The number of halogens is 1. The van der Waals surface area contributed by atoms with Gasteiger partial charge in [0.1, 0.15) is 10.6 Å². The summed E-state index contributed by atoms with van der Waals surface area (Å²) in [4.78, 5) is 22.5. The summed E-state index contributed by atoms with van der Waals surface area (Å²) in [5, 5.41) is 10.9. The van der Waals surface area contributed by atoms with Crippen molar-refractivity contribution in [1.82, 2.24) is 0 Å². The van der Waals surface area contributed by atoms with E-state index in [1.165, 1.54) is 18.2 Å². The molecule has 0 heterocycles. The lowest BCUT2D eigenvalue weighted by Gasteiger charge is -2.03. The Morgan fingerprint density at radius 1 is 1.06 bits per heavy atom. The predicted molar refractivity (Wildman–Crippen MR) is 68.0 cm³/mol. The Hall–Kier alpha value is -2.20. The molecular weight excluding hydrogens is 254 g/mol. The van der Waals surface area contributed by atoms with Gasteiger partial charge in [0.05, 0.1) is 4.92 Å². The van der Waals surface area contributed by atoms with Crippen molar-refractivity contribution in [1.29, 1.82) is 0 Å². The van der Waals surface area contributed by atoms with Crippen LogP contribution in [0.2, 0.25) is 5.02 Å². The molecule has 0 aliphatic carbocycles. The average molecular weight is 262 g/mol. The molecule has 0 unspecified atom stereocenters. The molecule has 0 spiro atoms. The minimum atomic E-state index is -0.640. The molecule has 2 rings (SSSR count). The second-order valence-electron chi connectivity index (χ2n) is 3.59. The second kappa shape index (κ2) is 4.98. The van der Waals surface area contributed by atoms with Gasteiger partial charge in [-0.3, -0.25) is 14.9 Å². The molecule has 90 valence electrons. The van der Waals surface area contributed by atoms with E-state index in [4.69, 9.17) is 11.6 Å². The van der Waals surface area contributed by atoms with Gasteiger partial charge in [-0.05, 0) is 12.1 Å². The second-order valence-corrected chi connectivity index (χ2v) is 4.00. The number of para-hydroxylation sites is 1. The molecule has 0 fully saturated rings. The van der Waals surface area contributed by atoms with E-state index < -0.39 is 10.7 Å². The fourth-order valence-electron chi connectivity index (χ4n) is 1.63. The fraction of sp³-hybridized carbons (Fsp3) is 0. The Bertz CT molecular complexity index is 611. The molecule has 5 heteroatoms. The normalized spacial score (nSPS) is 10.1. The lowest BCUT2D eigenvalue weighted by Crippen LogP contribution is -2.05. The van der Waals surface area contributed by atoms with E-state index in [0.29, 0.717) is 5.56 Å². The third kappa shape index (κ3) is 2.24. The predicted octanol–water partition coefficient (Wildman–Crippen LogP) is 3.48. The molecule has 18 heavy (non-hydrogen) atoms. The zero-order valence-electron chi connectivity index (χ0n) is 9.17. The molecule has 0 saturated heterocycles. The highest BCUT2D eigenvalue weighted by molar-refractivity contribution is 6.33. The van der Waals surface area contributed by atoms with Crippen molar-refractivity contribution in [2.75, 3.05) is 0 Å². The van der Waals surface area contributed by atoms with Crippen LogP contribution in [0.5, 0.6) is 0 Å².